The van der Waals surface area contributed by atoms with Crippen molar-refractivity contribution in [3.8, 4) is 0 Å². The van der Waals surface area contributed by atoms with Crippen LogP contribution in [0.15, 0.2) is 71.3 Å². The Morgan fingerprint density at radius 3 is 2.61 bits per heavy atom. The van der Waals surface area contributed by atoms with Crippen molar-refractivity contribution < 1.29 is 23.5 Å². The zero-order chi connectivity index (χ0) is 23.4. The maximum Gasteiger partial charge on any atom is 0.349 e. The Labute approximate surface area is 194 Å². The fourth-order valence-electron chi connectivity index (χ4n) is 3.52. The highest BCUT2D eigenvalue weighted by atomic mass is 32.1. The number of aryl methyl sites for hydroxylation is 1. The molecule has 4 aromatic rings. The van der Waals surface area contributed by atoms with Crippen molar-refractivity contribution in [2.45, 2.75) is 13.8 Å². The third kappa shape index (κ3) is 4.80. The number of fused-ring (bicyclic) bond motifs is 1. The molecule has 0 atom stereocenters. The monoisotopic (exact) mass is 462 g/mol. The summed E-state index contributed by atoms with van der Waals surface area (Å²) in [6.45, 7) is 3.66. The average molecular weight is 463 g/mol. The summed E-state index contributed by atoms with van der Waals surface area (Å²) in [5.74, 6) is -1.17. The molecule has 1 N–H and O–H groups in total. The van der Waals surface area contributed by atoms with Crippen LogP contribution in [0.25, 0.3) is 10.8 Å². The van der Waals surface area contributed by atoms with Gasteiger partial charge in [-0.2, -0.15) is 0 Å². The predicted octanol–water partition coefficient (Wildman–Crippen LogP) is 5.26. The van der Waals surface area contributed by atoms with Crippen LogP contribution >= 0.6 is 11.3 Å². The molecule has 0 fully saturated rings. The molecule has 0 aliphatic rings. The predicted molar refractivity (Wildman–Crippen MR) is 128 cm³/mol. The molecule has 0 radical (unpaired) electrons. The molecular weight excluding hydrogens is 440 g/mol. The molecule has 0 aliphatic heterocycles. The minimum absolute atomic E-state index is 0.170. The van der Waals surface area contributed by atoms with E-state index in [1.54, 1.807) is 30.0 Å². The van der Waals surface area contributed by atoms with Crippen LogP contribution in [0, 0.1) is 6.92 Å². The van der Waals surface area contributed by atoms with Crippen molar-refractivity contribution in [2.75, 3.05) is 23.4 Å². The van der Waals surface area contributed by atoms with E-state index in [0.717, 1.165) is 27.8 Å². The summed E-state index contributed by atoms with van der Waals surface area (Å²) in [5.41, 5.74) is 1.42. The fraction of sp³-hybridized carbons (Fsp3) is 0.160. The molecule has 2 amide bonds. The first kappa shape index (κ1) is 22.3. The van der Waals surface area contributed by atoms with Gasteiger partial charge in [0, 0.05) is 11.9 Å². The van der Waals surface area contributed by atoms with E-state index in [1.165, 1.54) is 6.26 Å². The Balaban J connectivity index is 1.43. The lowest BCUT2D eigenvalue weighted by molar-refractivity contribution is -0.121. The SMILES string of the molecule is CCN(C(=O)COC(=O)c1sc(NC(=O)c2ccco2)cc1C)c1cccc2ccccc12. The van der Waals surface area contributed by atoms with Crippen molar-refractivity contribution >= 4 is 50.6 Å². The van der Waals surface area contributed by atoms with Crippen LogP contribution in [0.5, 0.6) is 0 Å². The molecule has 0 bridgehead atoms. The lowest BCUT2D eigenvalue weighted by atomic mass is 10.1. The molecule has 4 rings (SSSR count). The van der Waals surface area contributed by atoms with E-state index in [4.69, 9.17) is 9.15 Å². The summed E-state index contributed by atoms with van der Waals surface area (Å²) in [6, 6.07) is 18.4. The number of nitrogens with zero attached hydrogens (tertiary/aromatic N) is 1. The standard InChI is InChI=1S/C25H22N2O5S/c1-3-27(19-11-6-9-17-8-4-5-10-18(17)19)22(28)15-32-25(30)23-16(2)14-21(33-23)26-24(29)20-12-7-13-31-20/h4-14H,3,15H2,1-2H3,(H,26,29). The number of carbonyl (C=O) groups excluding carboxylic acids is 3. The molecule has 2 aromatic carbocycles. The number of ether oxygens (including phenoxy) is 1. The van der Waals surface area contributed by atoms with Gasteiger partial charge in [-0.15, -0.1) is 11.3 Å². The number of furan rings is 1. The molecule has 7 nitrogen and oxygen atoms in total. The Morgan fingerprint density at radius 1 is 1.06 bits per heavy atom. The number of benzene rings is 2. The number of carbonyl (C=O) groups is 3. The van der Waals surface area contributed by atoms with Gasteiger partial charge in [0.15, 0.2) is 12.4 Å². The molecule has 0 aliphatic carbocycles. The first-order chi connectivity index (χ1) is 16.0. The van der Waals surface area contributed by atoms with Gasteiger partial charge in [-0.3, -0.25) is 9.59 Å². The summed E-state index contributed by atoms with van der Waals surface area (Å²) in [5, 5.41) is 5.15. The Bertz CT molecular complexity index is 1300. The second-order valence-corrected chi connectivity index (χ2v) is 8.32. The van der Waals surface area contributed by atoms with Crippen molar-refractivity contribution in [2.24, 2.45) is 0 Å². The summed E-state index contributed by atoms with van der Waals surface area (Å²) in [4.78, 5) is 39.6. The van der Waals surface area contributed by atoms with Gasteiger partial charge < -0.3 is 19.4 Å². The van der Waals surface area contributed by atoms with Crippen LogP contribution in [0.3, 0.4) is 0 Å². The number of esters is 1. The van der Waals surface area contributed by atoms with Gasteiger partial charge in [0.1, 0.15) is 4.88 Å². The summed E-state index contributed by atoms with van der Waals surface area (Å²) >= 11 is 1.08. The summed E-state index contributed by atoms with van der Waals surface area (Å²) in [6.07, 6.45) is 1.41. The number of hydrogen-bond acceptors (Lipinski definition) is 6. The molecule has 33 heavy (non-hydrogen) atoms. The van der Waals surface area contributed by atoms with Gasteiger partial charge >= 0.3 is 5.97 Å². The second kappa shape index (κ2) is 9.70. The number of amides is 2. The summed E-state index contributed by atoms with van der Waals surface area (Å²) in [7, 11) is 0. The highest BCUT2D eigenvalue weighted by Gasteiger charge is 2.21. The van der Waals surface area contributed by atoms with E-state index in [0.29, 0.717) is 22.0 Å². The largest absolute Gasteiger partial charge is 0.459 e. The van der Waals surface area contributed by atoms with Crippen LogP contribution in [0.2, 0.25) is 0 Å². The number of anilines is 2. The Morgan fingerprint density at radius 2 is 1.85 bits per heavy atom. The number of likely N-dealkylation sites (N-methyl/N-ethyl adjacent to an activating group) is 1. The number of rotatable bonds is 7. The van der Waals surface area contributed by atoms with Gasteiger partial charge in [0.05, 0.1) is 17.0 Å². The topological polar surface area (TPSA) is 88.9 Å². The van der Waals surface area contributed by atoms with E-state index in [1.807, 2.05) is 49.4 Å². The van der Waals surface area contributed by atoms with Crippen molar-refractivity contribution in [3.63, 3.8) is 0 Å². The lowest BCUT2D eigenvalue weighted by Crippen LogP contribution is -2.34. The minimum Gasteiger partial charge on any atom is -0.459 e. The van der Waals surface area contributed by atoms with Crippen LogP contribution in [0.4, 0.5) is 10.7 Å². The van der Waals surface area contributed by atoms with Gasteiger partial charge in [0.25, 0.3) is 11.8 Å². The van der Waals surface area contributed by atoms with Crippen molar-refractivity contribution in [3.05, 3.63) is 83.1 Å². The Kier molecular flexibility index (Phi) is 6.55. The normalized spacial score (nSPS) is 10.7. The van der Waals surface area contributed by atoms with Gasteiger partial charge in [0.2, 0.25) is 0 Å². The number of nitrogens with one attached hydrogen (secondary N) is 1. The van der Waals surface area contributed by atoms with E-state index in [-0.39, 0.29) is 18.3 Å². The highest BCUT2D eigenvalue weighted by molar-refractivity contribution is 7.18. The third-order valence-electron chi connectivity index (χ3n) is 5.09. The van der Waals surface area contributed by atoms with Gasteiger partial charge in [-0.1, -0.05) is 36.4 Å². The van der Waals surface area contributed by atoms with Gasteiger partial charge in [-0.25, -0.2) is 4.79 Å². The molecule has 2 aromatic heterocycles. The molecule has 0 saturated heterocycles. The second-order valence-electron chi connectivity index (χ2n) is 7.27. The maximum atomic E-state index is 12.9. The molecule has 2 heterocycles. The van der Waals surface area contributed by atoms with Crippen LogP contribution < -0.4 is 10.2 Å². The zero-order valence-electron chi connectivity index (χ0n) is 18.2. The van der Waals surface area contributed by atoms with Crippen LogP contribution in [0.1, 0.15) is 32.7 Å². The van der Waals surface area contributed by atoms with E-state index >= 15 is 0 Å². The summed E-state index contributed by atoms with van der Waals surface area (Å²) < 4.78 is 10.4. The maximum absolute atomic E-state index is 12.9. The Hall–Kier alpha value is -3.91. The van der Waals surface area contributed by atoms with Crippen LogP contribution in [-0.2, 0) is 9.53 Å². The lowest BCUT2D eigenvalue weighted by Gasteiger charge is -2.22. The minimum atomic E-state index is -0.613. The van der Waals surface area contributed by atoms with Crippen molar-refractivity contribution in [1.82, 2.24) is 0 Å². The fourth-order valence-corrected chi connectivity index (χ4v) is 4.48. The van der Waals surface area contributed by atoms with E-state index < -0.39 is 11.9 Å². The smallest absolute Gasteiger partial charge is 0.349 e. The van der Waals surface area contributed by atoms with Crippen LogP contribution in [-0.4, -0.2) is 30.9 Å². The average Bonchev–Trinajstić information content (AvgIpc) is 3.48. The third-order valence-corrected chi connectivity index (χ3v) is 6.22. The van der Waals surface area contributed by atoms with E-state index in [2.05, 4.69) is 5.32 Å². The molecule has 0 unspecified atom stereocenters. The first-order valence-corrected chi connectivity index (χ1v) is 11.2. The molecular formula is C25H22N2O5S. The van der Waals surface area contributed by atoms with E-state index in [9.17, 15) is 14.4 Å². The number of thiophene rings is 1. The first-order valence-electron chi connectivity index (χ1n) is 10.4. The van der Waals surface area contributed by atoms with Gasteiger partial charge in [-0.05, 0) is 49.1 Å². The number of hydrogen-bond donors (Lipinski definition) is 1. The van der Waals surface area contributed by atoms with Crippen molar-refractivity contribution in [1.29, 1.82) is 0 Å². The molecule has 0 saturated carbocycles. The molecule has 168 valence electrons. The zero-order valence-corrected chi connectivity index (χ0v) is 19.0. The highest BCUT2D eigenvalue weighted by Crippen LogP contribution is 2.29. The quantitative estimate of drug-likeness (QED) is 0.378. The molecule has 0 spiro atoms. The molecule has 8 heteroatoms.